The predicted molar refractivity (Wildman–Crippen MR) is 118 cm³/mol. The van der Waals surface area contributed by atoms with Crippen LogP contribution in [-0.4, -0.2) is 54.3 Å². The van der Waals surface area contributed by atoms with Gasteiger partial charge in [0.1, 0.15) is 0 Å². The standard InChI is InChI=1S/C23H26ClN3O2/c1-17-4-3-5-18(2)23(17)25-21(28)16-26-12-14-27(15-13-26)22(29)11-8-19-6-9-20(24)10-7-19/h3-11H,12-16H2,1-2H3,(H,25,28)/b11-8+. The van der Waals surface area contributed by atoms with Crippen molar-refractivity contribution in [1.82, 2.24) is 9.80 Å². The Balaban J connectivity index is 1.46. The first-order valence-corrected chi connectivity index (χ1v) is 10.1. The van der Waals surface area contributed by atoms with E-state index in [0.29, 0.717) is 37.7 Å². The maximum atomic E-state index is 12.4. The van der Waals surface area contributed by atoms with Crippen molar-refractivity contribution in [3.63, 3.8) is 0 Å². The lowest BCUT2D eigenvalue weighted by Gasteiger charge is -2.33. The van der Waals surface area contributed by atoms with Gasteiger partial charge in [0.25, 0.3) is 0 Å². The van der Waals surface area contributed by atoms with E-state index in [1.54, 1.807) is 24.3 Å². The van der Waals surface area contributed by atoms with E-state index >= 15 is 0 Å². The Morgan fingerprint density at radius 2 is 1.62 bits per heavy atom. The number of halogens is 1. The summed E-state index contributed by atoms with van der Waals surface area (Å²) < 4.78 is 0. The lowest BCUT2D eigenvalue weighted by molar-refractivity contribution is -0.127. The molecule has 1 N–H and O–H groups in total. The van der Waals surface area contributed by atoms with Crippen molar-refractivity contribution < 1.29 is 9.59 Å². The second-order valence-electron chi connectivity index (χ2n) is 7.30. The maximum Gasteiger partial charge on any atom is 0.246 e. The van der Waals surface area contributed by atoms with Crippen LogP contribution < -0.4 is 5.32 Å². The van der Waals surface area contributed by atoms with Gasteiger partial charge in [-0.3, -0.25) is 14.5 Å². The minimum atomic E-state index is -0.0233. The second kappa shape index (κ2) is 9.72. The lowest BCUT2D eigenvalue weighted by Crippen LogP contribution is -2.50. The van der Waals surface area contributed by atoms with Gasteiger partial charge in [0.15, 0.2) is 0 Å². The summed E-state index contributed by atoms with van der Waals surface area (Å²) in [5.74, 6) is -0.0376. The largest absolute Gasteiger partial charge is 0.337 e. The van der Waals surface area contributed by atoms with Crippen LogP contribution in [0.2, 0.25) is 5.02 Å². The van der Waals surface area contributed by atoms with Gasteiger partial charge in [-0.2, -0.15) is 0 Å². The van der Waals surface area contributed by atoms with E-state index in [-0.39, 0.29) is 11.8 Å². The van der Waals surface area contributed by atoms with Crippen molar-refractivity contribution >= 4 is 35.2 Å². The van der Waals surface area contributed by atoms with Crippen LogP contribution in [0, 0.1) is 13.8 Å². The number of hydrogen-bond donors (Lipinski definition) is 1. The Bertz CT molecular complexity index is 881. The Morgan fingerprint density at radius 1 is 1.00 bits per heavy atom. The van der Waals surface area contributed by atoms with Gasteiger partial charge in [-0.25, -0.2) is 0 Å². The van der Waals surface area contributed by atoms with Crippen molar-refractivity contribution in [2.24, 2.45) is 0 Å². The van der Waals surface area contributed by atoms with E-state index in [0.717, 1.165) is 22.4 Å². The Hall–Kier alpha value is -2.63. The summed E-state index contributed by atoms with van der Waals surface area (Å²) in [6.45, 7) is 6.90. The quantitative estimate of drug-likeness (QED) is 0.762. The molecule has 0 unspecified atom stereocenters. The third-order valence-electron chi connectivity index (χ3n) is 5.09. The van der Waals surface area contributed by atoms with Crippen LogP contribution in [0.4, 0.5) is 5.69 Å². The summed E-state index contributed by atoms with van der Waals surface area (Å²) in [5.41, 5.74) is 3.94. The summed E-state index contributed by atoms with van der Waals surface area (Å²) in [6.07, 6.45) is 3.38. The van der Waals surface area contributed by atoms with E-state index in [1.165, 1.54) is 0 Å². The monoisotopic (exact) mass is 411 g/mol. The molecule has 0 bridgehead atoms. The number of amides is 2. The molecule has 29 heavy (non-hydrogen) atoms. The van der Waals surface area contributed by atoms with Crippen molar-refractivity contribution in [2.75, 3.05) is 38.0 Å². The van der Waals surface area contributed by atoms with Gasteiger partial charge < -0.3 is 10.2 Å². The topological polar surface area (TPSA) is 52.7 Å². The Morgan fingerprint density at radius 3 is 2.24 bits per heavy atom. The molecule has 1 fully saturated rings. The van der Waals surface area contributed by atoms with Crippen LogP contribution in [0.15, 0.2) is 48.5 Å². The summed E-state index contributed by atoms with van der Waals surface area (Å²) in [5, 5.41) is 3.69. The molecule has 1 aliphatic rings. The number of rotatable bonds is 5. The van der Waals surface area contributed by atoms with E-state index in [9.17, 15) is 9.59 Å². The fourth-order valence-electron chi connectivity index (χ4n) is 3.37. The summed E-state index contributed by atoms with van der Waals surface area (Å²) in [4.78, 5) is 28.7. The molecule has 0 atom stereocenters. The van der Waals surface area contributed by atoms with Gasteiger partial charge in [0.05, 0.1) is 6.54 Å². The molecule has 1 aliphatic heterocycles. The molecule has 2 aromatic rings. The van der Waals surface area contributed by atoms with Crippen molar-refractivity contribution in [3.8, 4) is 0 Å². The molecule has 0 aromatic heterocycles. The number of aryl methyl sites for hydroxylation is 2. The minimum Gasteiger partial charge on any atom is -0.337 e. The van der Waals surface area contributed by atoms with Crippen LogP contribution in [0.5, 0.6) is 0 Å². The zero-order chi connectivity index (χ0) is 20.8. The number of nitrogens with zero attached hydrogens (tertiary/aromatic N) is 2. The van der Waals surface area contributed by atoms with Crippen LogP contribution in [0.3, 0.4) is 0 Å². The normalized spacial score (nSPS) is 14.9. The fourth-order valence-corrected chi connectivity index (χ4v) is 3.49. The van der Waals surface area contributed by atoms with Crippen LogP contribution in [-0.2, 0) is 9.59 Å². The minimum absolute atomic E-state index is 0.0143. The number of carbonyl (C=O) groups excluding carboxylic acids is 2. The Kier molecular flexibility index (Phi) is 7.07. The van der Waals surface area contributed by atoms with E-state index in [4.69, 9.17) is 11.6 Å². The first kappa shape index (κ1) is 21.1. The molecular formula is C23H26ClN3O2. The SMILES string of the molecule is Cc1cccc(C)c1NC(=O)CN1CCN(C(=O)/C=C/c2ccc(Cl)cc2)CC1. The van der Waals surface area contributed by atoms with Crippen molar-refractivity contribution in [2.45, 2.75) is 13.8 Å². The predicted octanol–water partition coefficient (Wildman–Crippen LogP) is 3.75. The highest BCUT2D eigenvalue weighted by molar-refractivity contribution is 6.30. The van der Waals surface area contributed by atoms with Crippen molar-refractivity contribution in [1.29, 1.82) is 0 Å². The molecule has 1 saturated heterocycles. The molecule has 0 radical (unpaired) electrons. The van der Waals surface area contributed by atoms with Crippen LogP contribution in [0.1, 0.15) is 16.7 Å². The highest BCUT2D eigenvalue weighted by Crippen LogP contribution is 2.19. The van der Waals surface area contributed by atoms with Crippen LogP contribution >= 0.6 is 11.6 Å². The highest BCUT2D eigenvalue weighted by atomic mass is 35.5. The average Bonchev–Trinajstić information content (AvgIpc) is 2.71. The van der Waals surface area contributed by atoms with E-state index in [1.807, 2.05) is 49.1 Å². The molecule has 0 saturated carbocycles. The first-order valence-electron chi connectivity index (χ1n) is 9.73. The third-order valence-corrected chi connectivity index (χ3v) is 5.34. The molecule has 3 rings (SSSR count). The number of carbonyl (C=O) groups is 2. The van der Waals surface area contributed by atoms with Gasteiger partial charge in [0, 0.05) is 43.0 Å². The smallest absolute Gasteiger partial charge is 0.246 e. The van der Waals surface area contributed by atoms with Gasteiger partial charge in [-0.05, 0) is 48.7 Å². The molecule has 0 spiro atoms. The second-order valence-corrected chi connectivity index (χ2v) is 7.74. The van der Waals surface area contributed by atoms with Gasteiger partial charge in [-0.1, -0.05) is 41.9 Å². The van der Waals surface area contributed by atoms with Gasteiger partial charge in [0.2, 0.25) is 11.8 Å². The molecule has 1 heterocycles. The summed E-state index contributed by atoms with van der Waals surface area (Å²) in [6, 6.07) is 13.3. The summed E-state index contributed by atoms with van der Waals surface area (Å²) >= 11 is 5.87. The number of nitrogens with one attached hydrogen (secondary N) is 1. The number of anilines is 1. The first-order chi connectivity index (χ1) is 13.9. The average molecular weight is 412 g/mol. The Labute approximate surface area is 177 Å². The van der Waals surface area contributed by atoms with E-state index < -0.39 is 0 Å². The van der Waals surface area contributed by atoms with Gasteiger partial charge in [-0.15, -0.1) is 0 Å². The zero-order valence-corrected chi connectivity index (χ0v) is 17.6. The molecule has 2 amide bonds. The summed E-state index contributed by atoms with van der Waals surface area (Å²) in [7, 11) is 0. The van der Waals surface area contributed by atoms with Crippen LogP contribution in [0.25, 0.3) is 6.08 Å². The fraction of sp³-hybridized carbons (Fsp3) is 0.304. The van der Waals surface area contributed by atoms with Crippen molar-refractivity contribution in [3.05, 3.63) is 70.3 Å². The zero-order valence-electron chi connectivity index (χ0n) is 16.8. The number of benzene rings is 2. The molecule has 6 heteroatoms. The number of hydrogen-bond acceptors (Lipinski definition) is 3. The molecular weight excluding hydrogens is 386 g/mol. The lowest BCUT2D eigenvalue weighted by atomic mass is 10.1. The number of para-hydroxylation sites is 1. The molecule has 0 aliphatic carbocycles. The maximum absolute atomic E-state index is 12.4. The van der Waals surface area contributed by atoms with E-state index in [2.05, 4.69) is 10.2 Å². The van der Waals surface area contributed by atoms with Gasteiger partial charge >= 0.3 is 0 Å². The molecule has 5 nitrogen and oxygen atoms in total. The highest BCUT2D eigenvalue weighted by Gasteiger charge is 2.21. The number of piperazine rings is 1. The molecule has 2 aromatic carbocycles. The molecule has 152 valence electrons. The third kappa shape index (κ3) is 5.92.